The van der Waals surface area contributed by atoms with Gasteiger partial charge in [-0.2, -0.15) is 17.6 Å². The Kier molecular flexibility index (Phi) is 7.32. The van der Waals surface area contributed by atoms with E-state index in [1.165, 1.54) is 20.2 Å². The summed E-state index contributed by atoms with van der Waals surface area (Å²) in [6, 6.07) is 0. The fourth-order valence-corrected chi connectivity index (χ4v) is 3.87. The SMILES string of the molecule is COc1nc(CC(C)(C)c2ncnc(OC)c2C(C)S)nc(C(C)(C)F)c1C(C)C. The molecule has 0 spiro atoms. The van der Waals surface area contributed by atoms with Crippen LogP contribution in [-0.4, -0.2) is 34.2 Å². The van der Waals surface area contributed by atoms with E-state index in [1.807, 2.05) is 34.6 Å². The van der Waals surface area contributed by atoms with Crippen molar-refractivity contribution in [2.24, 2.45) is 0 Å². The molecule has 0 aromatic carbocycles. The third-order valence-corrected chi connectivity index (χ3v) is 5.25. The Hall–Kier alpha value is -1.96. The molecular formula is C22H33FN4O2S. The van der Waals surface area contributed by atoms with E-state index in [4.69, 9.17) is 9.47 Å². The summed E-state index contributed by atoms with van der Waals surface area (Å²) < 4.78 is 26.0. The highest BCUT2D eigenvalue weighted by Crippen LogP contribution is 2.39. The van der Waals surface area contributed by atoms with Crippen molar-refractivity contribution in [3.63, 3.8) is 0 Å². The molecule has 0 fully saturated rings. The average molecular weight is 437 g/mol. The van der Waals surface area contributed by atoms with Gasteiger partial charge in [-0.25, -0.2) is 19.3 Å². The van der Waals surface area contributed by atoms with E-state index < -0.39 is 11.1 Å². The highest BCUT2D eigenvalue weighted by Gasteiger charge is 2.34. The third-order valence-electron chi connectivity index (χ3n) is 4.99. The second-order valence-electron chi connectivity index (χ2n) is 8.92. The second-order valence-corrected chi connectivity index (χ2v) is 9.70. The van der Waals surface area contributed by atoms with E-state index in [0.717, 1.165) is 11.3 Å². The van der Waals surface area contributed by atoms with E-state index in [9.17, 15) is 0 Å². The molecule has 8 heteroatoms. The molecule has 0 saturated heterocycles. The van der Waals surface area contributed by atoms with Gasteiger partial charge in [0.1, 0.15) is 17.8 Å². The summed E-state index contributed by atoms with van der Waals surface area (Å²) in [5.74, 6) is 1.43. The van der Waals surface area contributed by atoms with Crippen LogP contribution in [0.25, 0.3) is 0 Å². The molecule has 0 aliphatic heterocycles. The monoisotopic (exact) mass is 436 g/mol. The van der Waals surface area contributed by atoms with Gasteiger partial charge in [-0.05, 0) is 26.7 Å². The smallest absolute Gasteiger partial charge is 0.220 e. The van der Waals surface area contributed by atoms with Gasteiger partial charge >= 0.3 is 0 Å². The molecule has 30 heavy (non-hydrogen) atoms. The van der Waals surface area contributed by atoms with Crippen LogP contribution in [-0.2, 0) is 17.5 Å². The number of rotatable bonds is 8. The Morgan fingerprint density at radius 2 is 1.53 bits per heavy atom. The van der Waals surface area contributed by atoms with Crippen molar-refractivity contribution in [3.8, 4) is 11.8 Å². The van der Waals surface area contributed by atoms with Crippen molar-refractivity contribution < 1.29 is 13.9 Å². The molecule has 0 bridgehead atoms. The largest absolute Gasteiger partial charge is 0.481 e. The Balaban J connectivity index is 2.62. The lowest BCUT2D eigenvalue weighted by Crippen LogP contribution is -2.28. The van der Waals surface area contributed by atoms with E-state index in [-0.39, 0.29) is 11.2 Å². The number of hydrogen-bond donors (Lipinski definition) is 1. The van der Waals surface area contributed by atoms with Crippen molar-refractivity contribution in [2.75, 3.05) is 14.2 Å². The summed E-state index contributed by atoms with van der Waals surface area (Å²) >= 11 is 4.60. The predicted octanol–water partition coefficient (Wildman–Crippen LogP) is 5.12. The van der Waals surface area contributed by atoms with Gasteiger partial charge in [0.2, 0.25) is 11.8 Å². The molecule has 0 N–H and O–H groups in total. The van der Waals surface area contributed by atoms with E-state index in [0.29, 0.717) is 35.3 Å². The first-order valence-corrected chi connectivity index (χ1v) is 10.6. The lowest BCUT2D eigenvalue weighted by Gasteiger charge is -2.29. The summed E-state index contributed by atoms with van der Waals surface area (Å²) in [5.41, 5.74) is 0.569. The summed E-state index contributed by atoms with van der Waals surface area (Å²) in [5, 5.41) is -0.130. The van der Waals surface area contributed by atoms with Crippen molar-refractivity contribution in [3.05, 3.63) is 34.7 Å². The molecular weight excluding hydrogens is 403 g/mol. The van der Waals surface area contributed by atoms with Crippen LogP contribution in [0.3, 0.4) is 0 Å². The quantitative estimate of drug-likeness (QED) is 0.579. The molecule has 2 rings (SSSR count). The highest BCUT2D eigenvalue weighted by molar-refractivity contribution is 7.80. The summed E-state index contributed by atoms with van der Waals surface area (Å²) in [7, 11) is 3.13. The van der Waals surface area contributed by atoms with E-state index >= 15 is 4.39 Å². The summed E-state index contributed by atoms with van der Waals surface area (Å²) in [4.78, 5) is 18.0. The summed E-state index contributed by atoms with van der Waals surface area (Å²) in [6.45, 7) is 13.0. The van der Waals surface area contributed by atoms with Gasteiger partial charge in [0.05, 0.1) is 25.6 Å². The van der Waals surface area contributed by atoms with Crippen LogP contribution < -0.4 is 9.47 Å². The van der Waals surface area contributed by atoms with Crippen molar-refractivity contribution >= 4 is 12.6 Å². The first-order valence-electron chi connectivity index (χ1n) is 10.0. The minimum Gasteiger partial charge on any atom is -0.481 e. The van der Waals surface area contributed by atoms with Crippen LogP contribution in [0.15, 0.2) is 6.33 Å². The van der Waals surface area contributed by atoms with E-state index in [2.05, 4.69) is 32.6 Å². The Morgan fingerprint density at radius 3 is 2.00 bits per heavy atom. The van der Waals surface area contributed by atoms with Gasteiger partial charge < -0.3 is 9.47 Å². The average Bonchev–Trinajstić information content (AvgIpc) is 2.65. The Morgan fingerprint density at radius 1 is 0.933 bits per heavy atom. The van der Waals surface area contributed by atoms with Crippen LogP contribution in [0.2, 0.25) is 0 Å². The zero-order valence-corrected chi connectivity index (χ0v) is 20.3. The molecule has 0 saturated carbocycles. The molecule has 0 aliphatic rings. The number of thiol groups is 1. The maximum atomic E-state index is 15.1. The van der Waals surface area contributed by atoms with Crippen molar-refractivity contribution in [1.29, 1.82) is 0 Å². The summed E-state index contributed by atoms with van der Waals surface area (Å²) in [6.07, 6.45) is 1.91. The standard InChI is InChI=1S/C22H33FN4O2S/c1-12(2)15-18(22(6,7)23)26-14(27-20(15)29-9)10-21(4,5)17-16(13(3)30)19(28-8)25-11-24-17/h11-13,30H,10H2,1-9H3. The molecule has 2 heterocycles. The normalized spacial score (nSPS) is 13.5. The van der Waals surface area contributed by atoms with Gasteiger partial charge in [-0.3, -0.25) is 0 Å². The molecule has 2 aromatic rings. The van der Waals surface area contributed by atoms with Crippen molar-refractivity contribution in [2.45, 2.75) is 77.1 Å². The van der Waals surface area contributed by atoms with Crippen LogP contribution >= 0.6 is 12.6 Å². The van der Waals surface area contributed by atoms with Gasteiger partial charge in [-0.1, -0.05) is 27.7 Å². The topological polar surface area (TPSA) is 70.0 Å². The van der Waals surface area contributed by atoms with Crippen molar-refractivity contribution in [1.82, 2.24) is 19.9 Å². The zero-order chi connectivity index (χ0) is 22.9. The highest BCUT2D eigenvalue weighted by atomic mass is 32.1. The number of nitrogens with zero attached hydrogens (tertiary/aromatic N) is 4. The Labute approximate surface area is 184 Å². The first kappa shape index (κ1) is 24.3. The molecule has 166 valence electrons. The molecule has 1 unspecified atom stereocenters. The predicted molar refractivity (Wildman–Crippen MR) is 120 cm³/mol. The lowest BCUT2D eigenvalue weighted by molar-refractivity contribution is 0.208. The third kappa shape index (κ3) is 5.02. The minimum atomic E-state index is -1.63. The van der Waals surface area contributed by atoms with Crippen LogP contribution in [0.1, 0.15) is 88.0 Å². The zero-order valence-electron chi connectivity index (χ0n) is 19.4. The number of alkyl halides is 1. The lowest BCUT2D eigenvalue weighted by atomic mass is 9.82. The molecule has 6 nitrogen and oxygen atoms in total. The van der Waals surface area contributed by atoms with Gasteiger partial charge in [0.25, 0.3) is 0 Å². The van der Waals surface area contributed by atoms with E-state index in [1.54, 1.807) is 14.2 Å². The Bertz CT molecular complexity index is 895. The maximum absolute atomic E-state index is 15.1. The number of halogens is 1. The molecule has 1 atom stereocenters. The number of aromatic nitrogens is 4. The van der Waals surface area contributed by atoms with Gasteiger partial charge in [-0.15, -0.1) is 0 Å². The first-order chi connectivity index (χ1) is 13.8. The van der Waals surface area contributed by atoms with Gasteiger partial charge in [0, 0.05) is 28.2 Å². The fourth-order valence-electron chi connectivity index (χ4n) is 3.64. The van der Waals surface area contributed by atoms with Crippen LogP contribution in [0.4, 0.5) is 4.39 Å². The molecule has 0 aliphatic carbocycles. The maximum Gasteiger partial charge on any atom is 0.220 e. The fraction of sp³-hybridized carbons (Fsp3) is 0.636. The van der Waals surface area contributed by atoms with Gasteiger partial charge in [0.15, 0.2) is 0 Å². The van der Waals surface area contributed by atoms with Crippen LogP contribution in [0, 0.1) is 0 Å². The molecule has 0 radical (unpaired) electrons. The minimum absolute atomic E-state index is 0.0230. The number of methoxy groups -OCH3 is 2. The van der Waals surface area contributed by atoms with Crippen LogP contribution in [0.5, 0.6) is 11.8 Å². The number of hydrogen-bond acceptors (Lipinski definition) is 7. The number of ether oxygens (including phenoxy) is 2. The molecule has 2 aromatic heterocycles. The second kappa shape index (κ2) is 9.04. The molecule has 0 amide bonds.